The lowest BCUT2D eigenvalue weighted by molar-refractivity contribution is -0.148. The molecule has 6 heteroatoms. The summed E-state index contributed by atoms with van der Waals surface area (Å²) >= 11 is 0. The highest BCUT2D eigenvalue weighted by atomic mass is 16.5. The normalized spacial score (nSPS) is 31.3. The molecule has 1 heterocycles. The summed E-state index contributed by atoms with van der Waals surface area (Å²) in [6, 6.07) is -0.411. The van der Waals surface area contributed by atoms with Crippen molar-refractivity contribution in [2.45, 2.75) is 51.2 Å². The third-order valence-electron chi connectivity index (χ3n) is 4.81. The van der Waals surface area contributed by atoms with Crippen LogP contribution in [0, 0.1) is 5.41 Å². The molecule has 2 atom stereocenters. The Morgan fingerprint density at radius 3 is 2.50 bits per heavy atom. The van der Waals surface area contributed by atoms with E-state index in [1.54, 1.807) is 18.9 Å². The number of methoxy groups -OCH3 is 1. The third kappa shape index (κ3) is 2.90. The van der Waals surface area contributed by atoms with E-state index >= 15 is 0 Å². The fourth-order valence-corrected chi connectivity index (χ4v) is 3.19. The average molecular weight is 284 g/mol. The number of urea groups is 1. The molecule has 2 N–H and O–H groups in total. The number of amides is 2. The molecule has 6 nitrogen and oxygen atoms in total. The molecule has 0 aromatic carbocycles. The third-order valence-corrected chi connectivity index (χ3v) is 4.81. The minimum atomic E-state index is -0.833. The highest BCUT2D eigenvalue weighted by Gasteiger charge is 2.46. The topological polar surface area (TPSA) is 78.9 Å². The van der Waals surface area contributed by atoms with Crippen LogP contribution in [0.5, 0.6) is 0 Å². The molecule has 114 valence electrons. The molecule has 0 radical (unpaired) electrons. The van der Waals surface area contributed by atoms with Crippen molar-refractivity contribution in [2.75, 3.05) is 20.2 Å². The highest BCUT2D eigenvalue weighted by molar-refractivity contribution is 5.79. The Bertz CT molecular complexity index is 379. The van der Waals surface area contributed by atoms with E-state index in [0.29, 0.717) is 19.5 Å². The molecule has 2 fully saturated rings. The predicted molar refractivity (Wildman–Crippen MR) is 73.5 cm³/mol. The molecular weight excluding hydrogens is 260 g/mol. The van der Waals surface area contributed by atoms with Gasteiger partial charge in [0.15, 0.2) is 0 Å². The van der Waals surface area contributed by atoms with E-state index < -0.39 is 11.4 Å². The fourth-order valence-electron chi connectivity index (χ4n) is 3.19. The number of hydrogen-bond donors (Lipinski definition) is 2. The van der Waals surface area contributed by atoms with Gasteiger partial charge in [0.1, 0.15) is 0 Å². The van der Waals surface area contributed by atoms with Crippen LogP contribution in [-0.4, -0.2) is 54.4 Å². The summed E-state index contributed by atoms with van der Waals surface area (Å²) < 4.78 is 5.28. The van der Waals surface area contributed by atoms with E-state index in [2.05, 4.69) is 5.32 Å². The first-order valence-electron chi connectivity index (χ1n) is 7.29. The van der Waals surface area contributed by atoms with E-state index in [0.717, 1.165) is 25.7 Å². The summed E-state index contributed by atoms with van der Waals surface area (Å²) in [7, 11) is 1.69. The Labute approximate surface area is 119 Å². The zero-order valence-electron chi connectivity index (χ0n) is 12.2. The number of hydrogen-bond acceptors (Lipinski definition) is 3. The van der Waals surface area contributed by atoms with Crippen LogP contribution in [0.25, 0.3) is 0 Å². The number of aliphatic carboxylic acids is 1. The van der Waals surface area contributed by atoms with E-state index in [1.807, 2.05) is 0 Å². The zero-order chi connectivity index (χ0) is 14.8. The van der Waals surface area contributed by atoms with Crippen LogP contribution >= 0.6 is 0 Å². The van der Waals surface area contributed by atoms with Gasteiger partial charge in [-0.15, -0.1) is 0 Å². The van der Waals surface area contributed by atoms with Gasteiger partial charge in [-0.2, -0.15) is 0 Å². The van der Waals surface area contributed by atoms with Crippen molar-refractivity contribution in [3.8, 4) is 0 Å². The van der Waals surface area contributed by atoms with Crippen LogP contribution in [0.2, 0.25) is 0 Å². The van der Waals surface area contributed by atoms with Crippen molar-refractivity contribution in [3.63, 3.8) is 0 Å². The molecule has 0 aromatic heterocycles. The number of carboxylic acids is 1. The molecule has 1 saturated heterocycles. The number of carbonyl (C=O) groups is 2. The van der Waals surface area contributed by atoms with Crippen molar-refractivity contribution in [3.05, 3.63) is 0 Å². The predicted octanol–water partition coefficient (Wildman–Crippen LogP) is 1.45. The van der Waals surface area contributed by atoms with E-state index in [4.69, 9.17) is 4.74 Å². The van der Waals surface area contributed by atoms with Crippen molar-refractivity contribution >= 4 is 12.0 Å². The minimum Gasteiger partial charge on any atom is -0.481 e. The highest BCUT2D eigenvalue weighted by Crippen LogP contribution is 2.38. The first-order valence-corrected chi connectivity index (χ1v) is 7.29. The quantitative estimate of drug-likeness (QED) is 0.822. The minimum absolute atomic E-state index is 0.140. The van der Waals surface area contributed by atoms with Gasteiger partial charge >= 0.3 is 12.0 Å². The second-order valence-electron chi connectivity index (χ2n) is 6.04. The Morgan fingerprint density at radius 2 is 1.95 bits per heavy atom. The molecule has 0 aromatic rings. The van der Waals surface area contributed by atoms with E-state index in [-0.39, 0.29) is 18.2 Å². The number of piperidine rings is 1. The smallest absolute Gasteiger partial charge is 0.317 e. The van der Waals surface area contributed by atoms with Gasteiger partial charge in [0, 0.05) is 26.2 Å². The van der Waals surface area contributed by atoms with Crippen molar-refractivity contribution in [2.24, 2.45) is 5.41 Å². The van der Waals surface area contributed by atoms with Gasteiger partial charge in [0.2, 0.25) is 0 Å². The zero-order valence-corrected chi connectivity index (χ0v) is 12.2. The van der Waals surface area contributed by atoms with Crippen molar-refractivity contribution in [1.29, 1.82) is 0 Å². The summed E-state index contributed by atoms with van der Waals surface area (Å²) in [6.45, 7) is 3.06. The van der Waals surface area contributed by atoms with Gasteiger partial charge in [0.25, 0.3) is 0 Å². The maximum absolute atomic E-state index is 12.2. The number of likely N-dealkylation sites (tertiary alicyclic amines) is 1. The molecule has 1 saturated carbocycles. The Hall–Kier alpha value is -1.30. The van der Waals surface area contributed by atoms with Gasteiger partial charge < -0.3 is 20.1 Å². The molecule has 20 heavy (non-hydrogen) atoms. The Kier molecular flexibility index (Phi) is 4.52. The van der Waals surface area contributed by atoms with Crippen LogP contribution in [0.1, 0.15) is 39.0 Å². The molecule has 0 bridgehead atoms. The standard InChI is InChI=1S/C14H24N2O4/c1-14(12(17)18)7-3-4-11(14)15-13(19)16-8-5-10(20-2)6-9-16/h10-11H,3-9H2,1-2H3,(H,15,19)(H,17,18). The number of carbonyl (C=O) groups excluding carboxylic acids is 1. The maximum atomic E-state index is 12.2. The first kappa shape index (κ1) is 15.1. The lowest BCUT2D eigenvalue weighted by Crippen LogP contribution is -2.53. The average Bonchev–Trinajstić information content (AvgIpc) is 2.81. The van der Waals surface area contributed by atoms with E-state index in [9.17, 15) is 14.7 Å². The molecule has 2 amide bonds. The second kappa shape index (κ2) is 5.99. The largest absolute Gasteiger partial charge is 0.481 e. The Morgan fingerprint density at radius 1 is 1.30 bits per heavy atom. The molecule has 2 aliphatic rings. The van der Waals surface area contributed by atoms with Crippen LogP contribution in [0.4, 0.5) is 4.79 Å². The van der Waals surface area contributed by atoms with Gasteiger partial charge in [-0.25, -0.2) is 4.79 Å². The monoisotopic (exact) mass is 284 g/mol. The molecule has 2 unspecified atom stereocenters. The summed E-state index contributed by atoms with van der Waals surface area (Å²) in [5, 5.41) is 12.3. The van der Waals surface area contributed by atoms with Crippen LogP contribution in [0.3, 0.4) is 0 Å². The van der Waals surface area contributed by atoms with Crippen LogP contribution in [-0.2, 0) is 9.53 Å². The lowest BCUT2D eigenvalue weighted by Gasteiger charge is -2.34. The molecule has 1 aliphatic heterocycles. The van der Waals surface area contributed by atoms with Gasteiger partial charge in [-0.1, -0.05) is 6.42 Å². The molecule has 0 spiro atoms. The van der Waals surface area contributed by atoms with Gasteiger partial charge in [-0.3, -0.25) is 4.79 Å². The number of nitrogens with one attached hydrogen (secondary N) is 1. The summed E-state index contributed by atoms with van der Waals surface area (Å²) in [4.78, 5) is 25.4. The summed E-state index contributed by atoms with van der Waals surface area (Å²) in [5.41, 5.74) is -0.833. The van der Waals surface area contributed by atoms with Gasteiger partial charge in [0.05, 0.1) is 11.5 Å². The van der Waals surface area contributed by atoms with Crippen LogP contribution in [0.15, 0.2) is 0 Å². The lowest BCUT2D eigenvalue weighted by atomic mass is 9.85. The molecule has 1 aliphatic carbocycles. The number of carboxylic acid groups (broad SMARTS) is 1. The Balaban J connectivity index is 1.90. The van der Waals surface area contributed by atoms with Gasteiger partial charge in [-0.05, 0) is 32.6 Å². The fraction of sp³-hybridized carbons (Fsp3) is 0.857. The number of ether oxygens (including phenoxy) is 1. The SMILES string of the molecule is COC1CCN(C(=O)NC2CCCC2(C)C(=O)O)CC1. The summed E-state index contributed by atoms with van der Waals surface area (Å²) in [5.74, 6) is -0.821. The summed E-state index contributed by atoms with van der Waals surface area (Å²) in [6.07, 6.45) is 4.12. The molecular formula is C14H24N2O4. The number of rotatable bonds is 3. The second-order valence-corrected chi connectivity index (χ2v) is 6.04. The first-order chi connectivity index (χ1) is 9.47. The van der Waals surface area contributed by atoms with Crippen molar-refractivity contribution < 1.29 is 19.4 Å². The van der Waals surface area contributed by atoms with Crippen LogP contribution < -0.4 is 5.32 Å². The number of nitrogens with zero attached hydrogens (tertiary/aromatic N) is 1. The maximum Gasteiger partial charge on any atom is 0.317 e. The van der Waals surface area contributed by atoms with E-state index in [1.165, 1.54) is 0 Å². The molecule has 2 rings (SSSR count). The van der Waals surface area contributed by atoms with Crippen molar-refractivity contribution in [1.82, 2.24) is 10.2 Å².